The number of nitrogens with one attached hydrogen (secondary N) is 2. The second kappa shape index (κ2) is 8.58. The van der Waals surface area contributed by atoms with Crippen LogP contribution in [0.15, 0.2) is 4.52 Å². The number of carbonyl (C=O) groups is 1. The number of aromatic nitrogens is 1. The highest BCUT2D eigenvalue weighted by Gasteiger charge is 2.09. The molecule has 0 spiro atoms. The Balaban J connectivity index is 2.16. The fraction of sp³-hybridized carbons (Fsp3) is 0.714. The van der Waals surface area contributed by atoms with Crippen LogP contribution in [0.25, 0.3) is 0 Å². The first-order chi connectivity index (χ1) is 9.54. The Morgan fingerprint density at radius 3 is 2.75 bits per heavy atom. The highest BCUT2D eigenvalue weighted by molar-refractivity contribution is 5.74. The molecular weight excluding hydrogens is 258 g/mol. The summed E-state index contributed by atoms with van der Waals surface area (Å²) in [5.41, 5.74) is 2.05. The molecule has 1 rings (SSSR count). The third-order valence-electron chi connectivity index (χ3n) is 3.24. The molecule has 114 valence electrons. The van der Waals surface area contributed by atoms with Crippen molar-refractivity contribution in [2.75, 3.05) is 13.2 Å². The number of hydrogen-bond donors (Lipinski definition) is 3. The van der Waals surface area contributed by atoms with Gasteiger partial charge < -0.3 is 20.3 Å². The fourth-order valence-electron chi connectivity index (χ4n) is 2.07. The number of amides is 2. The van der Waals surface area contributed by atoms with Crippen molar-refractivity contribution in [3.63, 3.8) is 0 Å². The van der Waals surface area contributed by atoms with Gasteiger partial charge >= 0.3 is 6.03 Å². The van der Waals surface area contributed by atoms with E-state index in [1.54, 1.807) is 0 Å². The smallest absolute Gasteiger partial charge is 0.314 e. The first-order valence-corrected chi connectivity index (χ1v) is 7.11. The molecule has 1 atom stereocenters. The van der Waals surface area contributed by atoms with E-state index in [-0.39, 0.29) is 18.7 Å². The van der Waals surface area contributed by atoms with Gasteiger partial charge in [0.25, 0.3) is 0 Å². The Morgan fingerprint density at radius 1 is 1.40 bits per heavy atom. The van der Waals surface area contributed by atoms with Gasteiger partial charge in [0, 0.05) is 24.8 Å². The second-order valence-electron chi connectivity index (χ2n) is 5.07. The van der Waals surface area contributed by atoms with Gasteiger partial charge in [0.1, 0.15) is 5.76 Å². The highest BCUT2D eigenvalue weighted by atomic mass is 16.5. The van der Waals surface area contributed by atoms with Gasteiger partial charge in [0.2, 0.25) is 0 Å². The molecule has 2 amide bonds. The van der Waals surface area contributed by atoms with Crippen LogP contribution in [0.4, 0.5) is 4.79 Å². The summed E-state index contributed by atoms with van der Waals surface area (Å²) in [6.45, 7) is 6.53. The van der Waals surface area contributed by atoms with Crippen LogP contribution in [-0.4, -0.2) is 35.5 Å². The van der Waals surface area contributed by atoms with E-state index >= 15 is 0 Å². The zero-order valence-corrected chi connectivity index (χ0v) is 12.5. The Morgan fingerprint density at radius 2 is 2.15 bits per heavy atom. The molecule has 20 heavy (non-hydrogen) atoms. The quantitative estimate of drug-likeness (QED) is 0.633. The molecule has 0 radical (unpaired) electrons. The molecular formula is C14H25N3O3. The van der Waals surface area contributed by atoms with Crippen LogP contribution in [0.3, 0.4) is 0 Å². The van der Waals surface area contributed by atoms with Crippen LogP contribution >= 0.6 is 0 Å². The average Bonchev–Trinajstić information content (AvgIpc) is 2.72. The fourth-order valence-corrected chi connectivity index (χ4v) is 2.07. The van der Waals surface area contributed by atoms with Crippen molar-refractivity contribution in [1.82, 2.24) is 15.8 Å². The van der Waals surface area contributed by atoms with Crippen LogP contribution in [-0.2, 0) is 6.42 Å². The number of aliphatic hydroxyl groups excluding tert-OH is 1. The first kappa shape index (κ1) is 16.5. The summed E-state index contributed by atoms with van der Waals surface area (Å²) in [6.07, 6.45) is 3.18. The minimum absolute atomic E-state index is 0.0738. The van der Waals surface area contributed by atoms with E-state index in [1.165, 1.54) is 0 Å². The molecule has 0 saturated heterocycles. The predicted molar refractivity (Wildman–Crippen MR) is 76.6 cm³/mol. The molecule has 0 aromatic carbocycles. The monoisotopic (exact) mass is 283 g/mol. The average molecular weight is 283 g/mol. The Bertz CT molecular complexity index is 398. The van der Waals surface area contributed by atoms with Crippen molar-refractivity contribution in [2.24, 2.45) is 0 Å². The van der Waals surface area contributed by atoms with Gasteiger partial charge in [-0.25, -0.2) is 4.79 Å². The summed E-state index contributed by atoms with van der Waals surface area (Å²) in [4.78, 5) is 11.6. The minimum atomic E-state index is -0.158. The molecule has 0 fully saturated rings. The van der Waals surface area contributed by atoms with Crippen molar-refractivity contribution in [3.8, 4) is 0 Å². The molecule has 1 aromatic heterocycles. The Kier molecular flexibility index (Phi) is 7.08. The van der Waals surface area contributed by atoms with Gasteiger partial charge in [-0.1, -0.05) is 5.16 Å². The summed E-state index contributed by atoms with van der Waals surface area (Å²) in [5.74, 6) is 0.851. The zero-order valence-electron chi connectivity index (χ0n) is 12.5. The third-order valence-corrected chi connectivity index (χ3v) is 3.24. The number of rotatable bonds is 8. The SMILES string of the molecule is Cc1noc(C)c1CCCNC(=O)NC(C)CCCO. The predicted octanol–water partition coefficient (Wildman–Crippen LogP) is 1.68. The Hall–Kier alpha value is -1.56. The summed E-state index contributed by atoms with van der Waals surface area (Å²) in [6, 6.07) is -0.0843. The number of carbonyl (C=O) groups excluding carboxylic acids is 1. The lowest BCUT2D eigenvalue weighted by atomic mass is 10.1. The van der Waals surface area contributed by atoms with Gasteiger partial charge in [0.15, 0.2) is 0 Å². The van der Waals surface area contributed by atoms with Crippen LogP contribution < -0.4 is 10.6 Å². The summed E-state index contributed by atoms with van der Waals surface area (Å²) in [7, 11) is 0. The van der Waals surface area contributed by atoms with E-state index in [0.29, 0.717) is 13.0 Å². The first-order valence-electron chi connectivity index (χ1n) is 7.11. The van der Waals surface area contributed by atoms with E-state index < -0.39 is 0 Å². The molecule has 1 aromatic rings. The summed E-state index contributed by atoms with van der Waals surface area (Å²) in [5, 5.41) is 18.3. The van der Waals surface area contributed by atoms with Gasteiger partial charge in [-0.3, -0.25) is 0 Å². The van der Waals surface area contributed by atoms with Crippen LogP contribution in [0.5, 0.6) is 0 Å². The molecule has 0 aliphatic heterocycles. The van der Waals surface area contributed by atoms with Crippen molar-refractivity contribution in [2.45, 2.75) is 52.5 Å². The van der Waals surface area contributed by atoms with Gasteiger partial charge in [-0.15, -0.1) is 0 Å². The van der Waals surface area contributed by atoms with Crippen molar-refractivity contribution < 1.29 is 14.4 Å². The van der Waals surface area contributed by atoms with Crippen molar-refractivity contribution >= 4 is 6.03 Å². The molecule has 3 N–H and O–H groups in total. The maximum atomic E-state index is 11.6. The van der Waals surface area contributed by atoms with Crippen LogP contribution in [0.1, 0.15) is 43.2 Å². The van der Waals surface area contributed by atoms with Gasteiger partial charge in [0.05, 0.1) is 5.69 Å². The van der Waals surface area contributed by atoms with Crippen molar-refractivity contribution in [3.05, 3.63) is 17.0 Å². The molecule has 0 saturated carbocycles. The lowest BCUT2D eigenvalue weighted by Gasteiger charge is -2.13. The summed E-state index contributed by atoms with van der Waals surface area (Å²) >= 11 is 0. The van der Waals surface area contributed by atoms with E-state index in [0.717, 1.165) is 36.3 Å². The van der Waals surface area contributed by atoms with E-state index in [9.17, 15) is 4.79 Å². The lowest BCUT2D eigenvalue weighted by Crippen LogP contribution is -2.41. The number of urea groups is 1. The molecule has 6 heteroatoms. The number of aliphatic hydroxyl groups is 1. The van der Waals surface area contributed by atoms with Crippen LogP contribution in [0, 0.1) is 13.8 Å². The van der Waals surface area contributed by atoms with E-state index in [2.05, 4.69) is 15.8 Å². The lowest BCUT2D eigenvalue weighted by molar-refractivity contribution is 0.234. The Labute approximate surface area is 119 Å². The summed E-state index contributed by atoms with van der Waals surface area (Å²) < 4.78 is 5.09. The third kappa shape index (κ3) is 5.61. The molecule has 0 aliphatic rings. The van der Waals surface area contributed by atoms with Gasteiger partial charge in [-0.2, -0.15) is 0 Å². The maximum absolute atomic E-state index is 11.6. The molecule has 0 bridgehead atoms. The molecule has 0 aliphatic carbocycles. The highest BCUT2D eigenvalue weighted by Crippen LogP contribution is 2.13. The number of nitrogens with zero attached hydrogens (tertiary/aromatic N) is 1. The molecule has 1 heterocycles. The van der Waals surface area contributed by atoms with E-state index in [4.69, 9.17) is 9.63 Å². The normalized spacial score (nSPS) is 12.2. The number of hydrogen-bond acceptors (Lipinski definition) is 4. The largest absolute Gasteiger partial charge is 0.396 e. The maximum Gasteiger partial charge on any atom is 0.314 e. The molecule has 1 unspecified atom stereocenters. The minimum Gasteiger partial charge on any atom is -0.396 e. The number of aryl methyl sites for hydroxylation is 2. The second-order valence-corrected chi connectivity index (χ2v) is 5.07. The standard InChI is InChI=1S/C14H25N3O3/c1-10(6-5-9-18)16-14(19)15-8-4-7-13-11(2)17-20-12(13)3/h10,18H,4-9H2,1-3H3,(H2,15,16,19). The zero-order chi connectivity index (χ0) is 15.0. The molecule has 6 nitrogen and oxygen atoms in total. The topological polar surface area (TPSA) is 87.4 Å². The van der Waals surface area contributed by atoms with E-state index in [1.807, 2.05) is 20.8 Å². The van der Waals surface area contributed by atoms with Crippen LogP contribution in [0.2, 0.25) is 0 Å². The van der Waals surface area contributed by atoms with Crippen molar-refractivity contribution in [1.29, 1.82) is 0 Å². The van der Waals surface area contributed by atoms with Gasteiger partial charge in [-0.05, 0) is 46.5 Å².